The SMILES string of the molecule is CC(C)=CCc1c(N(C)Cc2ccccc2)[nH]c(=O)n(C)c1=O. The third-order valence-electron chi connectivity index (χ3n) is 3.74. The fourth-order valence-electron chi connectivity index (χ4n) is 2.41. The number of allylic oxidation sites excluding steroid dienone is 2. The van der Waals surface area contributed by atoms with E-state index in [9.17, 15) is 9.59 Å². The van der Waals surface area contributed by atoms with Gasteiger partial charge < -0.3 is 4.90 Å². The average Bonchev–Trinajstić information content (AvgIpc) is 2.52. The van der Waals surface area contributed by atoms with Crippen LogP contribution in [-0.2, 0) is 20.0 Å². The van der Waals surface area contributed by atoms with E-state index in [4.69, 9.17) is 0 Å². The van der Waals surface area contributed by atoms with Crippen molar-refractivity contribution < 1.29 is 0 Å². The van der Waals surface area contributed by atoms with Gasteiger partial charge in [0.1, 0.15) is 5.82 Å². The zero-order valence-electron chi connectivity index (χ0n) is 14.1. The molecule has 0 aliphatic heterocycles. The second-order valence-corrected chi connectivity index (χ2v) is 5.95. The summed E-state index contributed by atoms with van der Waals surface area (Å²) in [5.41, 5.74) is 2.21. The minimum Gasteiger partial charge on any atom is -0.356 e. The third kappa shape index (κ3) is 4.00. The molecular formula is C18H23N3O2. The first-order valence-corrected chi connectivity index (χ1v) is 7.60. The Morgan fingerprint density at radius 2 is 1.87 bits per heavy atom. The summed E-state index contributed by atoms with van der Waals surface area (Å²) in [6.07, 6.45) is 2.50. The van der Waals surface area contributed by atoms with Gasteiger partial charge in [-0.15, -0.1) is 0 Å². The second-order valence-electron chi connectivity index (χ2n) is 5.95. The molecule has 0 fully saturated rings. The molecule has 0 amide bonds. The van der Waals surface area contributed by atoms with E-state index in [-0.39, 0.29) is 5.56 Å². The van der Waals surface area contributed by atoms with Gasteiger partial charge in [0, 0.05) is 20.6 Å². The number of nitrogens with one attached hydrogen (secondary N) is 1. The first kappa shape index (κ1) is 16.8. The Kier molecular flexibility index (Phi) is 5.21. The predicted molar refractivity (Wildman–Crippen MR) is 94.0 cm³/mol. The molecule has 0 aliphatic carbocycles. The summed E-state index contributed by atoms with van der Waals surface area (Å²) in [6, 6.07) is 9.95. The molecule has 0 saturated heterocycles. The summed E-state index contributed by atoms with van der Waals surface area (Å²) in [7, 11) is 3.37. The topological polar surface area (TPSA) is 58.1 Å². The molecular weight excluding hydrogens is 290 g/mol. The van der Waals surface area contributed by atoms with Gasteiger partial charge in [0.15, 0.2) is 0 Å². The van der Waals surface area contributed by atoms with E-state index in [1.165, 1.54) is 7.05 Å². The summed E-state index contributed by atoms with van der Waals surface area (Å²) in [5.74, 6) is 0.583. The molecule has 0 unspecified atom stereocenters. The van der Waals surface area contributed by atoms with Gasteiger partial charge in [0.05, 0.1) is 5.56 Å². The highest BCUT2D eigenvalue weighted by Crippen LogP contribution is 2.15. The zero-order chi connectivity index (χ0) is 17.0. The maximum atomic E-state index is 12.5. The zero-order valence-corrected chi connectivity index (χ0v) is 14.1. The van der Waals surface area contributed by atoms with Gasteiger partial charge in [-0.05, 0) is 25.8 Å². The lowest BCUT2D eigenvalue weighted by atomic mass is 10.1. The molecule has 1 aromatic heterocycles. The van der Waals surface area contributed by atoms with Gasteiger partial charge in [0.2, 0.25) is 0 Å². The summed E-state index contributed by atoms with van der Waals surface area (Å²) < 4.78 is 1.12. The van der Waals surface area contributed by atoms with E-state index in [1.54, 1.807) is 0 Å². The number of aromatic amines is 1. The first-order chi connectivity index (χ1) is 10.9. The first-order valence-electron chi connectivity index (χ1n) is 7.60. The highest BCUT2D eigenvalue weighted by molar-refractivity contribution is 5.46. The Morgan fingerprint density at radius 3 is 2.48 bits per heavy atom. The van der Waals surface area contributed by atoms with Crippen molar-refractivity contribution >= 4 is 5.82 Å². The Hall–Kier alpha value is -2.56. The molecule has 23 heavy (non-hydrogen) atoms. The molecule has 2 rings (SSSR count). The fraction of sp³-hybridized carbons (Fsp3) is 0.333. The molecule has 0 atom stereocenters. The molecule has 0 spiro atoms. The van der Waals surface area contributed by atoms with E-state index >= 15 is 0 Å². The van der Waals surface area contributed by atoms with E-state index in [0.29, 0.717) is 24.3 Å². The molecule has 1 aromatic carbocycles. The molecule has 0 saturated carbocycles. The van der Waals surface area contributed by atoms with Gasteiger partial charge in [-0.2, -0.15) is 0 Å². The normalized spacial score (nSPS) is 10.4. The predicted octanol–water partition coefficient (Wildman–Crippen LogP) is 2.22. The molecule has 1 heterocycles. The van der Waals surface area contributed by atoms with Crippen molar-refractivity contribution in [3.8, 4) is 0 Å². The summed E-state index contributed by atoms with van der Waals surface area (Å²) in [6.45, 7) is 4.60. The Balaban J connectivity index is 2.45. The molecule has 0 radical (unpaired) electrons. The molecule has 122 valence electrons. The van der Waals surface area contributed by atoms with Crippen LogP contribution in [0, 0.1) is 0 Å². The van der Waals surface area contributed by atoms with Crippen LogP contribution in [-0.4, -0.2) is 16.6 Å². The van der Waals surface area contributed by atoms with Crippen LogP contribution in [0.1, 0.15) is 25.0 Å². The van der Waals surface area contributed by atoms with Crippen molar-refractivity contribution in [1.29, 1.82) is 0 Å². The number of benzene rings is 1. The number of anilines is 1. The molecule has 2 aromatic rings. The van der Waals surface area contributed by atoms with Gasteiger partial charge in [0.25, 0.3) is 5.56 Å². The van der Waals surface area contributed by atoms with Gasteiger partial charge in [-0.25, -0.2) is 4.79 Å². The summed E-state index contributed by atoms with van der Waals surface area (Å²) in [5, 5.41) is 0. The van der Waals surface area contributed by atoms with Crippen LogP contribution >= 0.6 is 0 Å². The van der Waals surface area contributed by atoms with Crippen LogP contribution in [0.2, 0.25) is 0 Å². The van der Waals surface area contributed by atoms with E-state index in [0.717, 1.165) is 15.7 Å². The number of nitrogens with zero attached hydrogens (tertiary/aromatic N) is 2. The van der Waals surface area contributed by atoms with Crippen LogP contribution in [0.15, 0.2) is 51.6 Å². The minimum atomic E-state index is -0.397. The van der Waals surface area contributed by atoms with Gasteiger partial charge in [-0.3, -0.25) is 14.3 Å². The van der Waals surface area contributed by atoms with Crippen LogP contribution < -0.4 is 16.1 Å². The molecule has 5 heteroatoms. The molecule has 0 bridgehead atoms. The van der Waals surface area contributed by atoms with Gasteiger partial charge in [-0.1, -0.05) is 42.0 Å². The van der Waals surface area contributed by atoms with Crippen molar-refractivity contribution in [3.05, 3.63) is 73.9 Å². The maximum Gasteiger partial charge on any atom is 0.329 e. The smallest absolute Gasteiger partial charge is 0.329 e. The number of H-pyrrole nitrogens is 1. The minimum absolute atomic E-state index is 0.249. The summed E-state index contributed by atoms with van der Waals surface area (Å²) in [4.78, 5) is 29.2. The van der Waals surface area contributed by atoms with E-state index in [2.05, 4.69) is 4.98 Å². The Morgan fingerprint density at radius 1 is 1.22 bits per heavy atom. The highest BCUT2D eigenvalue weighted by Gasteiger charge is 2.15. The van der Waals surface area contributed by atoms with Crippen LogP contribution in [0.4, 0.5) is 5.82 Å². The number of hydrogen-bond donors (Lipinski definition) is 1. The van der Waals surface area contributed by atoms with Crippen LogP contribution in [0.25, 0.3) is 0 Å². The number of rotatable bonds is 5. The van der Waals surface area contributed by atoms with Crippen LogP contribution in [0.5, 0.6) is 0 Å². The lowest BCUT2D eigenvalue weighted by Gasteiger charge is -2.21. The fourth-order valence-corrected chi connectivity index (χ4v) is 2.41. The maximum absolute atomic E-state index is 12.5. The third-order valence-corrected chi connectivity index (χ3v) is 3.74. The average molecular weight is 313 g/mol. The number of aromatic nitrogens is 2. The van der Waals surface area contributed by atoms with Crippen molar-refractivity contribution in [2.45, 2.75) is 26.8 Å². The Labute approximate surface area is 135 Å². The standard InChI is InChI=1S/C18H23N3O2/c1-13(2)10-11-15-16(19-18(23)21(4)17(15)22)20(3)12-14-8-6-5-7-9-14/h5-10H,11-12H2,1-4H3,(H,19,23). The molecule has 5 nitrogen and oxygen atoms in total. The van der Waals surface area contributed by atoms with E-state index < -0.39 is 5.69 Å². The Bertz CT molecular complexity index is 812. The lowest BCUT2D eigenvalue weighted by molar-refractivity contribution is 0.743. The highest BCUT2D eigenvalue weighted by atomic mass is 16.2. The van der Waals surface area contributed by atoms with E-state index in [1.807, 2.05) is 62.2 Å². The summed E-state index contributed by atoms with van der Waals surface area (Å²) >= 11 is 0. The largest absolute Gasteiger partial charge is 0.356 e. The second kappa shape index (κ2) is 7.13. The van der Waals surface area contributed by atoms with Crippen molar-refractivity contribution in [2.75, 3.05) is 11.9 Å². The van der Waals surface area contributed by atoms with Crippen molar-refractivity contribution in [1.82, 2.24) is 9.55 Å². The van der Waals surface area contributed by atoms with Crippen molar-refractivity contribution in [2.24, 2.45) is 7.05 Å². The quantitative estimate of drug-likeness (QED) is 0.861. The molecule has 1 N–H and O–H groups in total. The monoisotopic (exact) mass is 313 g/mol. The molecule has 0 aliphatic rings. The van der Waals surface area contributed by atoms with Gasteiger partial charge >= 0.3 is 5.69 Å². The number of hydrogen-bond acceptors (Lipinski definition) is 3. The van der Waals surface area contributed by atoms with Crippen LogP contribution in [0.3, 0.4) is 0 Å². The lowest BCUT2D eigenvalue weighted by Crippen LogP contribution is -2.38. The van der Waals surface area contributed by atoms with Crippen molar-refractivity contribution in [3.63, 3.8) is 0 Å².